The molecular weight excluding hydrogens is 322 g/mol. The number of carbonyl (C=O) groups is 2. The molecule has 0 radical (unpaired) electrons. The van der Waals surface area contributed by atoms with Crippen LogP contribution in [-0.4, -0.2) is 58.0 Å². The maximum absolute atomic E-state index is 12.4. The van der Waals surface area contributed by atoms with Gasteiger partial charge in [-0.05, 0) is 23.8 Å². The van der Waals surface area contributed by atoms with Crippen molar-refractivity contribution in [1.29, 1.82) is 0 Å². The Hall–Kier alpha value is -3.16. The fraction of sp³-hybridized carbons (Fsp3) is 0.294. The van der Waals surface area contributed by atoms with Gasteiger partial charge < -0.3 is 20.6 Å². The van der Waals surface area contributed by atoms with E-state index in [2.05, 4.69) is 9.97 Å². The van der Waals surface area contributed by atoms with E-state index in [1.54, 1.807) is 29.4 Å². The molecule has 2 aromatic rings. The quantitative estimate of drug-likeness (QED) is 0.820. The normalized spacial score (nSPS) is 14.4. The van der Waals surface area contributed by atoms with Gasteiger partial charge in [0.2, 0.25) is 5.91 Å². The van der Waals surface area contributed by atoms with E-state index in [4.69, 9.17) is 5.73 Å². The zero-order valence-corrected chi connectivity index (χ0v) is 13.6. The van der Waals surface area contributed by atoms with E-state index in [-0.39, 0.29) is 18.1 Å². The molecule has 2 aromatic heterocycles. The first-order chi connectivity index (χ1) is 12.0. The summed E-state index contributed by atoms with van der Waals surface area (Å²) >= 11 is 0. The zero-order valence-electron chi connectivity index (χ0n) is 13.6. The number of amides is 2. The predicted molar refractivity (Wildman–Crippen MR) is 91.2 cm³/mol. The van der Waals surface area contributed by atoms with Gasteiger partial charge in [0.25, 0.3) is 5.91 Å². The largest absolute Gasteiger partial charge is 0.506 e. The summed E-state index contributed by atoms with van der Waals surface area (Å²) < 4.78 is 0. The molecule has 0 saturated carbocycles. The van der Waals surface area contributed by atoms with Crippen LogP contribution in [0.15, 0.2) is 36.8 Å². The number of aromatic nitrogens is 2. The molecule has 25 heavy (non-hydrogen) atoms. The summed E-state index contributed by atoms with van der Waals surface area (Å²) in [4.78, 5) is 35.8. The third-order valence-corrected chi connectivity index (χ3v) is 4.12. The van der Waals surface area contributed by atoms with Gasteiger partial charge >= 0.3 is 0 Å². The highest BCUT2D eigenvalue weighted by molar-refractivity contribution is 5.97. The molecule has 130 valence electrons. The molecule has 8 heteroatoms. The maximum atomic E-state index is 12.4. The molecule has 3 N–H and O–H groups in total. The Balaban J connectivity index is 1.62. The van der Waals surface area contributed by atoms with Crippen molar-refractivity contribution in [2.75, 3.05) is 31.1 Å². The molecule has 0 atom stereocenters. The molecule has 0 aliphatic carbocycles. The van der Waals surface area contributed by atoms with Gasteiger partial charge in [-0.15, -0.1) is 0 Å². The molecule has 1 saturated heterocycles. The molecule has 2 amide bonds. The number of nitrogens with two attached hydrogens (primary N) is 1. The van der Waals surface area contributed by atoms with Gasteiger partial charge in [-0.3, -0.25) is 14.6 Å². The number of aromatic hydroxyl groups is 1. The smallest absolute Gasteiger partial charge is 0.252 e. The molecular formula is C17H19N5O3. The van der Waals surface area contributed by atoms with Crippen molar-refractivity contribution in [2.24, 2.45) is 5.73 Å². The first-order valence-corrected chi connectivity index (χ1v) is 7.95. The number of hydrogen-bond donors (Lipinski definition) is 2. The summed E-state index contributed by atoms with van der Waals surface area (Å²) in [6.07, 6.45) is 4.71. The van der Waals surface area contributed by atoms with Gasteiger partial charge in [-0.2, -0.15) is 0 Å². The van der Waals surface area contributed by atoms with Crippen molar-refractivity contribution in [2.45, 2.75) is 6.42 Å². The van der Waals surface area contributed by atoms with E-state index in [1.165, 1.54) is 12.3 Å². The van der Waals surface area contributed by atoms with Gasteiger partial charge in [-0.1, -0.05) is 0 Å². The lowest BCUT2D eigenvalue weighted by Crippen LogP contribution is -2.49. The SMILES string of the molecule is NC(=O)c1cccnc1N1CCN(C(=O)Cc2cncc(O)c2)CC1. The standard InChI is InChI=1S/C17H19N5O3/c18-16(25)14-2-1-3-20-17(14)22-6-4-21(5-7-22)15(24)9-12-8-13(23)11-19-10-12/h1-3,8,10-11,23H,4-7,9H2,(H2,18,25). The van der Waals surface area contributed by atoms with Gasteiger partial charge in [-0.25, -0.2) is 4.98 Å². The second kappa shape index (κ2) is 7.16. The van der Waals surface area contributed by atoms with Crippen molar-refractivity contribution in [1.82, 2.24) is 14.9 Å². The topological polar surface area (TPSA) is 113 Å². The van der Waals surface area contributed by atoms with Crippen LogP contribution in [0, 0.1) is 0 Å². The van der Waals surface area contributed by atoms with E-state index in [1.807, 2.05) is 4.90 Å². The van der Waals surface area contributed by atoms with Gasteiger partial charge in [0, 0.05) is 38.6 Å². The van der Waals surface area contributed by atoms with Gasteiger partial charge in [0.05, 0.1) is 18.2 Å². The Morgan fingerprint density at radius 1 is 1.20 bits per heavy atom. The molecule has 1 fully saturated rings. The van der Waals surface area contributed by atoms with Crippen LogP contribution < -0.4 is 10.6 Å². The molecule has 3 rings (SSSR count). The second-order valence-electron chi connectivity index (χ2n) is 5.83. The molecule has 3 heterocycles. The monoisotopic (exact) mass is 341 g/mol. The Morgan fingerprint density at radius 3 is 2.64 bits per heavy atom. The Kier molecular flexibility index (Phi) is 4.78. The number of hydrogen-bond acceptors (Lipinski definition) is 6. The van der Waals surface area contributed by atoms with Crippen LogP contribution >= 0.6 is 0 Å². The first-order valence-electron chi connectivity index (χ1n) is 7.95. The summed E-state index contributed by atoms with van der Waals surface area (Å²) in [6, 6.07) is 4.86. The highest BCUT2D eigenvalue weighted by Crippen LogP contribution is 2.19. The van der Waals surface area contributed by atoms with Crippen LogP contribution in [0.1, 0.15) is 15.9 Å². The summed E-state index contributed by atoms with van der Waals surface area (Å²) in [5.41, 5.74) is 6.46. The maximum Gasteiger partial charge on any atom is 0.252 e. The van der Waals surface area contributed by atoms with E-state index >= 15 is 0 Å². The predicted octanol–water partition coefficient (Wildman–Crippen LogP) is 0.172. The molecule has 0 bridgehead atoms. The third-order valence-electron chi connectivity index (χ3n) is 4.12. The van der Waals surface area contributed by atoms with Crippen LogP contribution in [-0.2, 0) is 11.2 Å². The minimum atomic E-state index is -0.516. The summed E-state index contributed by atoms with van der Waals surface area (Å²) in [5.74, 6) is 0.0599. The summed E-state index contributed by atoms with van der Waals surface area (Å²) in [7, 11) is 0. The van der Waals surface area contributed by atoms with Crippen LogP contribution in [0.5, 0.6) is 5.75 Å². The van der Waals surface area contributed by atoms with E-state index < -0.39 is 5.91 Å². The fourth-order valence-electron chi connectivity index (χ4n) is 2.87. The van der Waals surface area contributed by atoms with Crippen molar-refractivity contribution in [3.8, 4) is 5.75 Å². The highest BCUT2D eigenvalue weighted by Gasteiger charge is 2.24. The van der Waals surface area contributed by atoms with Crippen LogP contribution in [0.4, 0.5) is 5.82 Å². The Bertz CT molecular complexity index is 787. The average molecular weight is 341 g/mol. The highest BCUT2D eigenvalue weighted by atomic mass is 16.3. The molecule has 8 nitrogen and oxygen atoms in total. The van der Waals surface area contributed by atoms with Crippen molar-refractivity contribution >= 4 is 17.6 Å². The van der Waals surface area contributed by atoms with E-state index in [9.17, 15) is 14.7 Å². The molecule has 1 aliphatic rings. The van der Waals surface area contributed by atoms with E-state index in [0.717, 1.165) is 0 Å². The average Bonchev–Trinajstić information content (AvgIpc) is 2.62. The Labute approximate surface area is 144 Å². The van der Waals surface area contributed by atoms with Crippen molar-refractivity contribution in [3.63, 3.8) is 0 Å². The number of pyridine rings is 2. The molecule has 0 spiro atoms. The lowest BCUT2D eigenvalue weighted by atomic mass is 10.1. The fourth-order valence-corrected chi connectivity index (χ4v) is 2.87. The first kappa shape index (κ1) is 16.7. The van der Waals surface area contributed by atoms with Gasteiger partial charge in [0.15, 0.2) is 0 Å². The number of piperazine rings is 1. The van der Waals surface area contributed by atoms with E-state index in [0.29, 0.717) is 43.1 Å². The van der Waals surface area contributed by atoms with Crippen molar-refractivity contribution in [3.05, 3.63) is 47.9 Å². The molecule has 0 aromatic carbocycles. The number of primary amides is 1. The Morgan fingerprint density at radius 2 is 1.96 bits per heavy atom. The van der Waals surface area contributed by atoms with Crippen molar-refractivity contribution < 1.29 is 14.7 Å². The number of rotatable bonds is 4. The molecule has 1 aliphatic heterocycles. The van der Waals surface area contributed by atoms with Crippen LogP contribution in [0.2, 0.25) is 0 Å². The minimum Gasteiger partial charge on any atom is -0.506 e. The lowest BCUT2D eigenvalue weighted by Gasteiger charge is -2.36. The van der Waals surface area contributed by atoms with Crippen LogP contribution in [0.3, 0.4) is 0 Å². The van der Waals surface area contributed by atoms with Gasteiger partial charge in [0.1, 0.15) is 11.6 Å². The number of anilines is 1. The minimum absolute atomic E-state index is 0.0248. The summed E-state index contributed by atoms with van der Waals surface area (Å²) in [6.45, 7) is 2.20. The van der Waals surface area contributed by atoms with Crippen LogP contribution in [0.25, 0.3) is 0 Å². The number of nitrogens with zero attached hydrogens (tertiary/aromatic N) is 4. The molecule has 0 unspecified atom stereocenters. The summed E-state index contributed by atoms with van der Waals surface area (Å²) in [5, 5.41) is 9.43. The lowest BCUT2D eigenvalue weighted by molar-refractivity contribution is -0.130. The zero-order chi connectivity index (χ0) is 17.8. The second-order valence-corrected chi connectivity index (χ2v) is 5.83. The third kappa shape index (κ3) is 3.85. The number of carbonyl (C=O) groups excluding carboxylic acids is 2.